The molecule has 0 N–H and O–H groups in total. The molecule has 1 rings (SSSR count). The highest BCUT2D eigenvalue weighted by atomic mass is 35.5. The summed E-state index contributed by atoms with van der Waals surface area (Å²) in [6, 6.07) is 5.86. The maximum atomic E-state index is 13.7. The lowest BCUT2D eigenvalue weighted by molar-refractivity contribution is 0.220. The van der Waals surface area contributed by atoms with Gasteiger partial charge in [0.25, 0.3) is 0 Å². The lowest BCUT2D eigenvalue weighted by Gasteiger charge is -2.19. The van der Waals surface area contributed by atoms with E-state index in [4.69, 9.17) is 0 Å². The van der Waals surface area contributed by atoms with Crippen molar-refractivity contribution in [2.24, 2.45) is 0 Å². The molecule has 86 valence electrons. The zero-order valence-corrected chi connectivity index (χ0v) is 11.0. The third-order valence-electron chi connectivity index (χ3n) is 2.47. The molecule has 0 fully saturated rings. The summed E-state index contributed by atoms with van der Waals surface area (Å²) in [6.45, 7) is 7.30. The van der Waals surface area contributed by atoms with Gasteiger partial charge in [0.2, 0.25) is 0 Å². The van der Waals surface area contributed by atoms with Gasteiger partial charge in [-0.2, -0.15) is 0 Å². The molecule has 0 aliphatic rings. The minimum Gasteiger partial charge on any atom is -0.239 e. The molecular weight excluding hydrogens is 211 g/mol. The van der Waals surface area contributed by atoms with Crippen LogP contribution in [0.2, 0.25) is 0 Å². The SMILES string of the molecule is CCc1cccc(C(C)(C)F)c1C.CCl. The normalized spacial score (nSPS) is 10.6. The van der Waals surface area contributed by atoms with Crippen molar-refractivity contribution >= 4 is 11.6 Å². The Morgan fingerprint density at radius 3 is 2.20 bits per heavy atom. The van der Waals surface area contributed by atoms with Gasteiger partial charge in [0, 0.05) is 6.38 Å². The van der Waals surface area contributed by atoms with Crippen LogP contribution in [-0.4, -0.2) is 6.38 Å². The maximum absolute atomic E-state index is 13.7. The Morgan fingerprint density at radius 2 is 1.80 bits per heavy atom. The van der Waals surface area contributed by atoms with Crippen LogP contribution in [-0.2, 0) is 12.1 Å². The summed E-state index contributed by atoms with van der Waals surface area (Å²) in [7, 11) is 0. The fourth-order valence-electron chi connectivity index (χ4n) is 1.71. The standard InChI is InChI=1S/C12H17F.CH3Cl/c1-5-10-7-6-8-11(9(10)2)12(3,4)13;1-2/h6-8H,5H2,1-4H3;1H3. The topological polar surface area (TPSA) is 0 Å². The van der Waals surface area contributed by atoms with Gasteiger partial charge in [-0.3, -0.25) is 0 Å². The summed E-state index contributed by atoms with van der Waals surface area (Å²) < 4.78 is 13.7. The van der Waals surface area contributed by atoms with E-state index in [-0.39, 0.29) is 0 Å². The third-order valence-corrected chi connectivity index (χ3v) is 2.47. The Labute approximate surface area is 97.5 Å². The van der Waals surface area contributed by atoms with Crippen molar-refractivity contribution in [1.29, 1.82) is 0 Å². The average Bonchev–Trinajstić information content (AvgIpc) is 2.19. The monoisotopic (exact) mass is 230 g/mol. The zero-order chi connectivity index (χ0) is 12.1. The second-order valence-corrected chi connectivity index (χ2v) is 3.92. The molecule has 0 aromatic heterocycles. The van der Waals surface area contributed by atoms with E-state index in [1.54, 1.807) is 13.8 Å². The van der Waals surface area contributed by atoms with Gasteiger partial charge in [0.1, 0.15) is 5.67 Å². The highest BCUT2D eigenvalue weighted by Gasteiger charge is 2.21. The van der Waals surface area contributed by atoms with Gasteiger partial charge >= 0.3 is 0 Å². The van der Waals surface area contributed by atoms with E-state index in [2.05, 4.69) is 24.6 Å². The lowest BCUT2D eigenvalue weighted by Crippen LogP contribution is -2.12. The largest absolute Gasteiger partial charge is 0.239 e. The molecule has 0 saturated carbocycles. The summed E-state index contributed by atoms with van der Waals surface area (Å²) in [5.41, 5.74) is 1.92. The Hall–Kier alpha value is -0.560. The first kappa shape index (κ1) is 14.4. The van der Waals surface area contributed by atoms with Crippen molar-refractivity contribution < 1.29 is 4.39 Å². The van der Waals surface area contributed by atoms with Gasteiger partial charge in [0.15, 0.2) is 0 Å². The predicted octanol–water partition coefficient (Wildman–Crippen LogP) is 4.62. The van der Waals surface area contributed by atoms with Gasteiger partial charge < -0.3 is 0 Å². The molecule has 0 unspecified atom stereocenters. The van der Waals surface area contributed by atoms with Crippen LogP contribution >= 0.6 is 11.6 Å². The molecule has 0 radical (unpaired) electrons. The molecule has 0 amide bonds. The molecule has 0 spiro atoms. The van der Waals surface area contributed by atoms with Crippen molar-refractivity contribution in [3.63, 3.8) is 0 Å². The second kappa shape index (κ2) is 6.12. The van der Waals surface area contributed by atoms with Crippen LogP contribution in [0.4, 0.5) is 4.39 Å². The number of rotatable bonds is 2. The molecule has 0 nitrogen and oxygen atoms in total. The molecule has 0 aliphatic heterocycles. The Morgan fingerprint density at radius 1 is 1.27 bits per heavy atom. The fraction of sp³-hybridized carbons (Fsp3) is 0.538. The summed E-state index contributed by atoms with van der Waals surface area (Å²) in [5, 5.41) is 0. The van der Waals surface area contributed by atoms with Gasteiger partial charge in [-0.25, -0.2) is 4.39 Å². The summed E-state index contributed by atoms with van der Waals surface area (Å²) in [4.78, 5) is 0. The molecule has 1 aromatic carbocycles. The van der Waals surface area contributed by atoms with Gasteiger partial charge in [-0.1, -0.05) is 25.1 Å². The first-order valence-corrected chi connectivity index (χ1v) is 5.88. The minimum atomic E-state index is -1.23. The van der Waals surface area contributed by atoms with Crippen molar-refractivity contribution in [3.05, 3.63) is 34.9 Å². The van der Waals surface area contributed by atoms with Crippen LogP contribution in [0, 0.1) is 6.92 Å². The van der Waals surface area contributed by atoms with Gasteiger partial charge in [-0.05, 0) is 43.9 Å². The minimum absolute atomic E-state index is 0.812. The van der Waals surface area contributed by atoms with Crippen LogP contribution in [0.3, 0.4) is 0 Å². The van der Waals surface area contributed by atoms with E-state index >= 15 is 0 Å². The van der Waals surface area contributed by atoms with E-state index in [1.807, 2.05) is 19.1 Å². The van der Waals surface area contributed by atoms with Crippen LogP contribution < -0.4 is 0 Å². The van der Waals surface area contributed by atoms with Crippen molar-refractivity contribution in [3.8, 4) is 0 Å². The Bertz CT molecular complexity index is 300. The summed E-state index contributed by atoms with van der Waals surface area (Å²) >= 11 is 4.64. The zero-order valence-electron chi connectivity index (χ0n) is 10.2. The first-order chi connectivity index (χ1) is 6.96. The molecule has 0 saturated heterocycles. The highest BCUT2D eigenvalue weighted by Crippen LogP contribution is 2.29. The van der Waals surface area contributed by atoms with E-state index in [0.717, 1.165) is 17.5 Å². The summed E-state index contributed by atoms with van der Waals surface area (Å²) in [6.07, 6.45) is 2.44. The summed E-state index contributed by atoms with van der Waals surface area (Å²) in [5.74, 6) is 0. The second-order valence-electron chi connectivity index (χ2n) is 3.92. The van der Waals surface area contributed by atoms with Crippen molar-refractivity contribution in [2.75, 3.05) is 6.38 Å². The van der Waals surface area contributed by atoms with Crippen molar-refractivity contribution in [1.82, 2.24) is 0 Å². The Balaban J connectivity index is 0.000000921. The van der Waals surface area contributed by atoms with Crippen LogP contribution in [0.15, 0.2) is 18.2 Å². The van der Waals surface area contributed by atoms with Gasteiger partial charge in [0.05, 0.1) is 0 Å². The molecule has 0 atom stereocenters. The highest BCUT2D eigenvalue weighted by molar-refractivity contribution is 6.15. The van der Waals surface area contributed by atoms with Crippen molar-refractivity contribution in [2.45, 2.75) is 39.8 Å². The lowest BCUT2D eigenvalue weighted by atomic mass is 9.91. The maximum Gasteiger partial charge on any atom is 0.130 e. The van der Waals surface area contributed by atoms with E-state index in [0.29, 0.717) is 0 Å². The molecule has 0 bridgehead atoms. The first-order valence-electron chi connectivity index (χ1n) is 5.12. The predicted molar refractivity (Wildman–Crippen MR) is 66.5 cm³/mol. The number of aryl methyl sites for hydroxylation is 1. The van der Waals surface area contributed by atoms with E-state index in [9.17, 15) is 4.39 Å². The molecule has 2 heteroatoms. The number of benzene rings is 1. The van der Waals surface area contributed by atoms with E-state index < -0.39 is 5.67 Å². The van der Waals surface area contributed by atoms with Crippen LogP contribution in [0.5, 0.6) is 0 Å². The average molecular weight is 231 g/mol. The quantitative estimate of drug-likeness (QED) is 0.651. The number of alkyl halides is 2. The fourth-order valence-corrected chi connectivity index (χ4v) is 1.71. The molecule has 15 heavy (non-hydrogen) atoms. The number of hydrogen-bond acceptors (Lipinski definition) is 0. The third kappa shape index (κ3) is 3.83. The molecule has 0 heterocycles. The van der Waals surface area contributed by atoms with Gasteiger partial charge in [-0.15, -0.1) is 11.6 Å². The number of hydrogen-bond donors (Lipinski definition) is 0. The number of halogens is 2. The van der Waals surface area contributed by atoms with Crippen LogP contribution in [0.1, 0.15) is 37.5 Å². The molecular formula is C13H20ClF. The molecule has 0 aliphatic carbocycles. The van der Waals surface area contributed by atoms with E-state index in [1.165, 1.54) is 11.9 Å². The van der Waals surface area contributed by atoms with Crippen LogP contribution in [0.25, 0.3) is 0 Å². The Kier molecular flexibility index (Phi) is 5.89. The molecule has 1 aromatic rings. The smallest absolute Gasteiger partial charge is 0.130 e.